The fourth-order valence-electron chi connectivity index (χ4n) is 3.42. The van der Waals surface area contributed by atoms with E-state index in [4.69, 9.17) is 0 Å². The molecule has 0 saturated carbocycles. The molecule has 0 saturated heterocycles. The van der Waals surface area contributed by atoms with Crippen molar-refractivity contribution in [1.82, 2.24) is 0 Å². The highest BCUT2D eigenvalue weighted by molar-refractivity contribution is 6.22. The van der Waals surface area contributed by atoms with Gasteiger partial charge in [-0.05, 0) is 36.1 Å². The summed E-state index contributed by atoms with van der Waals surface area (Å²) < 4.78 is 0. The first-order valence-corrected chi connectivity index (χ1v) is 8.44. The van der Waals surface area contributed by atoms with E-state index in [-0.39, 0.29) is 5.78 Å². The molecule has 2 aliphatic rings. The number of carbonyl (C=O) groups is 1. The SMILES string of the molecule is CN(CCC1=NC=CCC1)c1ccc2c(c1)C(=O)c1ccccc1-2. The van der Waals surface area contributed by atoms with Gasteiger partial charge in [0.1, 0.15) is 0 Å². The number of rotatable bonds is 4. The maximum Gasteiger partial charge on any atom is 0.194 e. The zero-order valence-electron chi connectivity index (χ0n) is 13.8. The van der Waals surface area contributed by atoms with Gasteiger partial charge in [-0.1, -0.05) is 36.4 Å². The number of benzene rings is 2. The van der Waals surface area contributed by atoms with Crippen molar-refractivity contribution in [3.8, 4) is 11.1 Å². The van der Waals surface area contributed by atoms with Crippen LogP contribution in [0.5, 0.6) is 0 Å². The number of nitrogens with zero attached hydrogens (tertiary/aromatic N) is 2. The van der Waals surface area contributed by atoms with Crippen molar-refractivity contribution < 1.29 is 4.79 Å². The van der Waals surface area contributed by atoms with E-state index < -0.39 is 0 Å². The van der Waals surface area contributed by atoms with E-state index in [0.717, 1.165) is 53.7 Å². The van der Waals surface area contributed by atoms with E-state index in [1.54, 1.807) is 0 Å². The number of ketones is 1. The molecule has 4 rings (SSSR count). The van der Waals surface area contributed by atoms with Crippen LogP contribution in [0.4, 0.5) is 5.69 Å². The molecule has 24 heavy (non-hydrogen) atoms. The molecule has 2 aromatic carbocycles. The Hall–Kier alpha value is -2.68. The zero-order valence-corrected chi connectivity index (χ0v) is 13.8. The van der Waals surface area contributed by atoms with E-state index in [0.29, 0.717) is 0 Å². The van der Waals surface area contributed by atoms with E-state index >= 15 is 0 Å². The van der Waals surface area contributed by atoms with Crippen molar-refractivity contribution in [2.24, 2.45) is 4.99 Å². The molecule has 0 bridgehead atoms. The van der Waals surface area contributed by atoms with Crippen molar-refractivity contribution >= 4 is 17.2 Å². The average molecular weight is 316 g/mol. The van der Waals surface area contributed by atoms with E-state index in [1.165, 1.54) is 5.71 Å². The van der Waals surface area contributed by atoms with Crippen LogP contribution in [0.25, 0.3) is 11.1 Å². The topological polar surface area (TPSA) is 32.7 Å². The predicted octanol–water partition coefficient (Wildman–Crippen LogP) is 4.47. The number of hydrogen-bond acceptors (Lipinski definition) is 3. The number of aliphatic imine (C=N–C) groups is 1. The summed E-state index contributed by atoms with van der Waals surface area (Å²) >= 11 is 0. The fraction of sp³-hybridized carbons (Fsp3) is 0.238. The largest absolute Gasteiger partial charge is 0.374 e. The minimum atomic E-state index is 0.137. The molecule has 0 amide bonds. The van der Waals surface area contributed by atoms with Crippen LogP contribution in [0, 0.1) is 0 Å². The van der Waals surface area contributed by atoms with Gasteiger partial charge in [0.15, 0.2) is 5.78 Å². The Bertz CT molecular complexity index is 864. The lowest BCUT2D eigenvalue weighted by atomic mass is 10.0. The normalized spacial score (nSPS) is 15.0. The number of allylic oxidation sites excluding steroid dienone is 1. The van der Waals surface area contributed by atoms with Gasteiger partial charge in [-0.2, -0.15) is 0 Å². The highest BCUT2D eigenvalue weighted by atomic mass is 16.1. The van der Waals surface area contributed by atoms with Gasteiger partial charge in [-0.15, -0.1) is 0 Å². The lowest BCUT2D eigenvalue weighted by Gasteiger charge is -2.21. The molecule has 1 heterocycles. The van der Waals surface area contributed by atoms with Gasteiger partial charge in [-0.3, -0.25) is 9.79 Å². The highest BCUT2D eigenvalue weighted by Crippen LogP contribution is 2.38. The van der Waals surface area contributed by atoms with Crippen LogP contribution in [-0.2, 0) is 0 Å². The van der Waals surface area contributed by atoms with Gasteiger partial charge in [0.05, 0.1) is 0 Å². The predicted molar refractivity (Wildman–Crippen MR) is 99.0 cm³/mol. The zero-order chi connectivity index (χ0) is 16.5. The third-order valence-corrected chi connectivity index (χ3v) is 4.85. The molecule has 0 atom stereocenters. The quantitative estimate of drug-likeness (QED) is 0.711. The molecular weight excluding hydrogens is 296 g/mol. The molecule has 120 valence electrons. The summed E-state index contributed by atoms with van der Waals surface area (Å²) in [6, 6.07) is 14.1. The first kappa shape index (κ1) is 14.9. The summed E-state index contributed by atoms with van der Waals surface area (Å²) in [5.41, 5.74) is 6.08. The standard InChI is InChI=1S/C21H20N2O/c1-23(13-11-15-6-4-5-12-22-15)16-9-10-18-17-7-2-3-8-19(17)21(24)20(18)14-16/h2-3,5,7-10,12,14H,4,6,11,13H2,1H3. The smallest absolute Gasteiger partial charge is 0.194 e. The number of anilines is 1. The Balaban J connectivity index is 1.55. The van der Waals surface area contributed by atoms with Crippen LogP contribution in [0.1, 0.15) is 35.2 Å². The maximum absolute atomic E-state index is 12.6. The van der Waals surface area contributed by atoms with Gasteiger partial charge in [0.25, 0.3) is 0 Å². The number of carbonyl (C=O) groups excluding carboxylic acids is 1. The summed E-state index contributed by atoms with van der Waals surface area (Å²) in [6.07, 6.45) is 7.13. The number of hydrogen-bond donors (Lipinski definition) is 0. The monoisotopic (exact) mass is 316 g/mol. The summed E-state index contributed by atoms with van der Waals surface area (Å²) in [4.78, 5) is 19.3. The molecule has 1 aliphatic carbocycles. The van der Waals surface area contributed by atoms with Crippen molar-refractivity contribution in [2.45, 2.75) is 19.3 Å². The molecule has 0 fully saturated rings. The van der Waals surface area contributed by atoms with Crippen LogP contribution >= 0.6 is 0 Å². The fourth-order valence-corrected chi connectivity index (χ4v) is 3.42. The van der Waals surface area contributed by atoms with Crippen LogP contribution in [0.2, 0.25) is 0 Å². The van der Waals surface area contributed by atoms with Crippen LogP contribution in [0.3, 0.4) is 0 Å². The van der Waals surface area contributed by atoms with Gasteiger partial charge in [0, 0.05) is 48.7 Å². The first-order valence-electron chi connectivity index (χ1n) is 8.44. The molecule has 3 heteroatoms. The van der Waals surface area contributed by atoms with Gasteiger partial charge < -0.3 is 4.90 Å². The maximum atomic E-state index is 12.6. The molecule has 0 radical (unpaired) electrons. The minimum Gasteiger partial charge on any atom is -0.374 e. The molecule has 0 N–H and O–H groups in total. The molecule has 0 unspecified atom stereocenters. The van der Waals surface area contributed by atoms with E-state index in [9.17, 15) is 4.79 Å². The summed E-state index contributed by atoms with van der Waals surface area (Å²) in [6.45, 7) is 0.909. The lowest BCUT2D eigenvalue weighted by molar-refractivity contribution is 0.104. The third-order valence-electron chi connectivity index (χ3n) is 4.85. The van der Waals surface area contributed by atoms with E-state index in [2.05, 4.69) is 35.1 Å². The minimum absolute atomic E-state index is 0.137. The van der Waals surface area contributed by atoms with Crippen molar-refractivity contribution in [2.75, 3.05) is 18.5 Å². The Morgan fingerprint density at radius 1 is 1.04 bits per heavy atom. The second kappa shape index (κ2) is 6.08. The molecule has 0 aromatic heterocycles. The molecule has 3 nitrogen and oxygen atoms in total. The Kier molecular flexibility index (Phi) is 3.77. The van der Waals surface area contributed by atoms with Crippen LogP contribution < -0.4 is 4.90 Å². The molecule has 2 aromatic rings. The Labute approximate surface area is 142 Å². The summed E-state index contributed by atoms with van der Waals surface area (Å²) in [5, 5.41) is 0. The highest BCUT2D eigenvalue weighted by Gasteiger charge is 2.26. The molecule has 1 aliphatic heterocycles. The summed E-state index contributed by atoms with van der Waals surface area (Å²) in [7, 11) is 2.08. The second-order valence-corrected chi connectivity index (χ2v) is 6.39. The summed E-state index contributed by atoms with van der Waals surface area (Å²) in [5.74, 6) is 0.137. The molecule has 0 spiro atoms. The Morgan fingerprint density at radius 2 is 1.83 bits per heavy atom. The van der Waals surface area contributed by atoms with Crippen molar-refractivity contribution in [3.05, 3.63) is 65.9 Å². The van der Waals surface area contributed by atoms with Gasteiger partial charge >= 0.3 is 0 Å². The van der Waals surface area contributed by atoms with Gasteiger partial charge in [0.2, 0.25) is 0 Å². The lowest BCUT2D eigenvalue weighted by Crippen LogP contribution is -2.21. The van der Waals surface area contributed by atoms with Crippen LogP contribution in [-0.4, -0.2) is 25.1 Å². The third kappa shape index (κ3) is 2.56. The second-order valence-electron chi connectivity index (χ2n) is 6.39. The van der Waals surface area contributed by atoms with Gasteiger partial charge in [-0.25, -0.2) is 0 Å². The Morgan fingerprint density at radius 3 is 2.62 bits per heavy atom. The average Bonchev–Trinajstić information content (AvgIpc) is 2.93. The van der Waals surface area contributed by atoms with E-state index in [1.807, 2.05) is 36.5 Å². The van der Waals surface area contributed by atoms with Crippen molar-refractivity contribution in [3.63, 3.8) is 0 Å². The van der Waals surface area contributed by atoms with Crippen molar-refractivity contribution in [1.29, 1.82) is 0 Å². The first-order chi connectivity index (χ1) is 11.7. The number of fused-ring (bicyclic) bond motifs is 3. The van der Waals surface area contributed by atoms with Crippen LogP contribution in [0.15, 0.2) is 59.7 Å². The molecular formula is C21H20N2O.